The summed E-state index contributed by atoms with van der Waals surface area (Å²) >= 11 is 0. The van der Waals surface area contributed by atoms with Gasteiger partial charge in [-0.05, 0) is 56.9 Å². The van der Waals surface area contributed by atoms with E-state index < -0.39 is 5.97 Å². The number of methoxy groups -OCH3 is 2. The SMILES string of the molecule is CC/C(=C\c1c(C)c(OC)c(-c2ccc(NC3CCCC3)cc2)c(C)c1OC)C(=O)NCCC(=O)O. The third kappa shape index (κ3) is 6.20. The van der Waals surface area contributed by atoms with Gasteiger partial charge in [0.05, 0.1) is 20.6 Å². The van der Waals surface area contributed by atoms with Gasteiger partial charge in [-0.15, -0.1) is 0 Å². The molecule has 0 spiro atoms. The largest absolute Gasteiger partial charge is 0.496 e. The highest BCUT2D eigenvalue weighted by Crippen LogP contribution is 2.45. The summed E-state index contributed by atoms with van der Waals surface area (Å²) in [4.78, 5) is 23.5. The molecule has 0 atom stereocenters. The van der Waals surface area contributed by atoms with Crippen molar-refractivity contribution in [1.29, 1.82) is 0 Å². The molecule has 0 aliphatic heterocycles. The van der Waals surface area contributed by atoms with Crippen LogP contribution in [0.3, 0.4) is 0 Å². The van der Waals surface area contributed by atoms with Crippen molar-refractivity contribution >= 4 is 23.6 Å². The smallest absolute Gasteiger partial charge is 0.305 e. The highest BCUT2D eigenvalue weighted by atomic mass is 16.5. The molecule has 3 rings (SSSR count). The fourth-order valence-electron chi connectivity index (χ4n) is 4.94. The van der Waals surface area contributed by atoms with E-state index in [1.54, 1.807) is 14.2 Å². The zero-order chi connectivity index (χ0) is 26.2. The second kappa shape index (κ2) is 12.5. The minimum atomic E-state index is -0.951. The molecule has 1 saturated carbocycles. The maximum atomic E-state index is 12.7. The van der Waals surface area contributed by atoms with Gasteiger partial charge in [0.25, 0.3) is 0 Å². The van der Waals surface area contributed by atoms with Gasteiger partial charge in [0.1, 0.15) is 11.5 Å². The van der Waals surface area contributed by atoms with Crippen molar-refractivity contribution < 1.29 is 24.2 Å². The van der Waals surface area contributed by atoms with Gasteiger partial charge in [-0.1, -0.05) is 31.9 Å². The number of carboxylic acid groups (broad SMARTS) is 1. The Bertz CT molecular complexity index is 1120. The predicted molar refractivity (Wildman–Crippen MR) is 144 cm³/mol. The standard InChI is InChI=1S/C29H38N2O5/c1-6-20(29(34)30-16-15-25(32)33)17-24-18(2)28(36-5)26(19(3)27(24)35-4)21-11-13-23(14-12-21)31-22-9-7-8-10-22/h11-14,17,22,31H,6-10,15-16H2,1-5H3,(H,30,34)(H,32,33)/b20-17+. The molecule has 0 aromatic heterocycles. The number of carbonyl (C=O) groups is 2. The molecule has 2 aromatic rings. The first-order chi connectivity index (χ1) is 17.3. The fraction of sp³-hybridized carbons (Fsp3) is 0.448. The third-order valence-corrected chi connectivity index (χ3v) is 6.86. The van der Waals surface area contributed by atoms with E-state index in [4.69, 9.17) is 14.6 Å². The highest BCUT2D eigenvalue weighted by molar-refractivity contribution is 5.99. The molecule has 1 aliphatic carbocycles. The molecule has 1 amide bonds. The summed E-state index contributed by atoms with van der Waals surface area (Å²) in [7, 11) is 3.28. The number of carbonyl (C=O) groups excluding carboxylic acids is 1. The summed E-state index contributed by atoms with van der Waals surface area (Å²) in [6.07, 6.45) is 7.19. The molecule has 0 heterocycles. The van der Waals surface area contributed by atoms with Crippen molar-refractivity contribution in [3.63, 3.8) is 0 Å². The van der Waals surface area contributed by atoms with Crippen LogP contribution in [-0.4, -0.2) is 43.8 Å². The summed E-state index contributed by atoms with van der Waals surface area (Å²) in [6, 6.07) is 8.97. The molecule has 3 N–H and O–H groups in total. The molecule has 1 aliphatic rings. The minimum Gasteiger partial charge on any atom is -0.496 e. The Hall–Kier alpha value is -3.48. The van der Waals surface area contributed by atoms with Crippen LogP contribution in [-0.2, 0) is 9.59 Å². The molecular weight excluding hydrogens is 456 g/mol. The van der Waals surface area contributed by atoms with E-state index >= 15 is 0 Å². The van der Waals surface area contributed by atoms with Gasteiger partial charge in [0.2, 0.25) is 5.91 Å². The maximum Gasteiger partial charge on any atom is 0.305 e. The van der Waals surface area contributed by atoms with E-state index in [2.05, 4.69) is 34.9 Å². The lowest BCUT2D eigenvalue weighted by Gasteiger charge is -2.22. The topological polar surface area (TPSA) is 96.9 Å². The van der Waals surface area contributed by atoms with Crippen LogP contribution in [0, 0.1) is 13.8 Å². The number of carboxylic acids is 1. The highest BCUT2D eigenvalue weighted by Gasteiger charge is 2.23. The fourth-order valence-corrected chi connectivity index (χ4v) is 4.94. The number of nitrogens with one attached hydrogen (secondary N) is 2. The number of hydrogen-bond acceptors (Lipinski definition) is 5. The van der Waals surface area contributed by atoms with Crippen molar-refractivity contribution in [3.8, 4) is 22.6 Å². The Labute approximate surface area is 213 Å². The van der Waals surface area contributed by atoms with E-state index in [0.717, 1.165) is 39.3 Å². The zero-order valence-corrected chi connectivity index (χ0v) is 22.0. The van der Waals surface area contributed by atoms with E-state index in [1.165, 1.54) is 25.7 Å². The lowest BCUT2D eigenvalue weighted by atomic mass is 9.90. The Morgan fingerprint density at radius 1 is 1.03 bits per heavy atom. The van der Waals surface area contributed by atoms with Crippen LogP contribution in [0.4, 0.5) is 5.69 Å². The third-order valence-electron chi connectivity index (χ3n) is 6.86. The average Bonchev–Trinajstić information content (AvgIpc) is 3.37. The van der Waals surface area contributed by atoms with E-state index in [1.807, 2.05) is 26.8 Å². The summed E-state index contributed by atoms with van der Waals surface area (Å²) in [6.45, 7) is 5.93. The predicted octanol–water partition coefficient (Wildman–Crippen LogP) is 5.73. The number of rotatable bonds is 11. The Morgan fingerprint density at radius 2 is 1.67 bits per heavy atom. The average molecular weight is 495 g/mol. The van der Waals surface area contributed by atoms with Crippen LogP contribution in [0.1, 0.15) is 62.1 Å². The normalized spacial score (nSPS) is 14.0. The van der Waals surface area contributed by atoms with Crippen molar-refractivity contribution in [3.05, 3.63) is 46.5 Å². The Kier molecular flexibility index (Phi) is 9.39. The van der Waals surface area contributed by atoms with Gasteiger partial charge >= 0.3 is 5.97 Å². The number of ether oxygens (including phenoxy) is 2. The van der Waals surface area contributed by atoms with Gasteiger partial charge in [-0.2, -0.15) is 0 Å². The first-order valence-electron chi connectivity index (χ1n) is 12.6. The van der Waals surface area contributed by atoms with Crippen molar-refractivity contribution in [2.24, 2.45) is 0 Å². The number of anilines is 1. The van der Waals surface area contributed by atoms with Crippen LogP contribution >= 0.6 is 0 Å². The summed E-state index contributed by atoms with van der Waals surface area (Å²) in [5, 5.41) is 15.2. The first kappa shape index (κ1) is 27.1. The lowest BCUT2D eigenvalue weighted by Crippen LogP contribution is -2.27. The molecule has 7 heteroatoms. The summed E-state index contributed by atoms with van der Waals surface area (Å²) < 4.78 is 11.7. The van der Waals surface area contributed by atoms with Gasteiger partial charge in [0.15, 0.2) is 0 Å². The number of aliphatic carboxylic acids is 1. The molecule has 0 bridgehead atoms. The lowest BCUT2D eigenvalue weighted by molar-refractivity contribution is -0.136. The van der Waals surface area contributed by atoms with Crippen molar-refractivity contribution in [1.82, 2.24) is 5.32 Å². The van der Waals surface area contributed by atoms with Crippen molar-refractivity contribution in [2.45, 2.75) is 65.3 Å². The van der Waals surface area contributed by atoms with Crippen LogP contribution in [0.15, 0.2) is 29.8 Å². The van der Waals surface area contributed by atoms with Gasteiger partial charge in [0, 0.05) is 46.1 Å². The number of benzene rings is 2. The second-order valence-electron chi connectivity index (χ2n) is 9.23. The molecule has 36 heavy (non-hydrogen) atoms. The van der Waals surface area contributed by atoms with Crippen molar-refractivity contribution in [2.75, 3.05) is 26.1 Å². The van der Waals surface area contributed by atoms with E-state index in [-0.39, 0.29) is 18.9 Å². The van der Waals surface area contributed by atoms with Crippen LogP contribution in [0.2, 0.25) is 0 Å². The molecule has 1 fully saturated rings. The molecule has 194 valence electrons. The number of hydrogen-bond donors (Lipinski definition) is 3. The summed E-state index contributed by atoms with van der Waals surface area (Å²) in [5.74, 6) is 0.179. The Morgan fingerprint density at radius 3 is 2.22 bits per heavy atom. The van der Waals surface area contributed by atoms with Crippen LogP contribution in [0.5, 0.6) is 11.5 Å². The number of amides is 1. The molecule has 7 nitrogen and oxygen atoms in total. The molecular formula is C29H38N2O5. The quantitative estimate of drug-likeness (QED) is 0.345. The maximum absolute atomic E-state index is 12.7. The van der Waals surface area contributed by atoms with Crippen LogP contribution < -0.4 is 20.1 Å². The second-order valence-corrected chi connectivity index (χ2v) is 9.23. The molecule has 2 aromatic carbocycles. The molecule has 0 radical (unpaired) electrons. The van der Waals surface area contributed by atoms with E-state index in [0.29, 0.717) is 23.8 Å². The Balaban J connectivity index is 1.99. The van der Waals surface area contributed by atoms with Gasteiger partial charge in [-0.25, -0.2) is 0 Å². The first-order valence-corrected chi connectivity index (χ1v) is 12.6. The van der Waals surface area contributed by atoms with Crippen LogP contribution in [0.25, 0.3) is 17.2 Å². The van der Waals surface area contributed by atoms with E-state index in [9.17, 15) is 9.59 Å². The van der Waals surface area contributed by atoms with Gasteiger partial charge < -0.3 is 25.2 Å². The summed E-state index contributed by atoms with van der Waals surface area (Å²) in [5.41, 5.74) is 6.21. The molecule has 0 unspecified atom stereocenters. The van der Waals surface area contributed by atoms with Gasteiger partial charge in [-0.3, -0.25) is 9.59 Å². The minimum absolute atomic E-state index is 0.0779. The monoisotopic (exact) mass is 494 g/mol. The zero-order valence-electron chi connectivity index (χ0n) is 22.0. The molecule has 0 saturated heterocycles.